The highest BCUT2D eigenvalue weighted by Crippen LogP contribution is 2.33. The van der Waals surface area contributed by atoms with Crippen molar-refractivity contribution in [2.75, 3.05) is 18.5 Å². The number of rotatable bonds is 9. The normalized spacial score (nSPS) is 13.3. The number of nitrogens with one attached hydrogen (secondary N) is 1. The number of aliphatic hydroxyl groups is 1. The molecule has 0 radical (unpaired) electrons. The molecule has 0 amide bonds. The SMILES string of the molecule is C[Si](C)(C)CCOCn1ncc(NC(CO)c2ccncc2)c(C(F)(F)F)c1=O. The second-order valence-corrected chi connectivity index (χ2v) is 13.4. The van der Waals surface area contributed by atoms with E-state index in [-0.39, 0.29) is 6.73 Å². The summed E-state index contributed by atoms with van der Waals surface area (Å²) in [6.07, 6.45) is -1.06. The molecule has 160 valence electrons. The third-order valence-electron chi connectivity index (χ3n) is 4.16. The summed E-state index contributed by atoms with van der Waals surface area (Å²) < 4.78 is 46.8. The predicted molar refractivity (Wildman–Crippen MR) is 105 cm³/mol. The number of anilines is 1. The number of halogens is 3. The van der Waals surface area contributed by atoms with Gasteiger partial charge in [-0.3, -0.25) is 9.78 Å². The van der Waals surface area contributed by atoms with E-state index in [0.717, 1.165) is 12.2 Å². The molecule has 2 aromatic rings. The lowest BCUT2D eigenvalue weighted by Gasteiger charge is -2.21. The van der Waals surface area contributed by atoms with Crippen LogP contribution in [0.4, 0.5) is 18.9 Å². The van der Waals surface area contributed by atoms with Crippen molar-refractivity contribution in [3.8, 4) is 0 Å². The summed E-state index contributed by atoms with van der Waals surface area (Å²) in [6.45, 7) is 5.93. The van der Waals surface area contributed by atoms with Crippen LogP contribution in [0.25, 0.3) is 0 Å². The molecule has 0 spiro atoms. The van der Waals surface area contributed by atoms with Crippen molar-refractivity contribution in [1.82, 2.24) is 14.8 Å². The summed E-state index contributed by atoms with van der Waals surface area (Å²) in [5, 5.41) is 16.0. The Morgan fingerprint density at radius 2 is 1.93 bits per heavy atom. The predicted octanol–water partition coefficient (Wildman–Crippen LogP) is 3.11. The van der Waals surface area contributed by atoms with Crippen molar-refractivity contribution in [3.63, 3.8) is 0 Å². The summed E-state index contributed by atoms with van der Waals surface area (Å²) in [6, 6.07) is 3.08. The lowest BCUT2D eigenvalue weighted by molar-refractivity contribution is -0.138. The van der Waals surface area contributed by atoms with Gasteiger partial charge in [-0.15, -0.1) is 0 Å². The molecule has 29 heavy (non-hydrogen) atoms. The Labute approximate surface area is 167 Å². The van der Waals surface area contributed by atoms with E-state index >= 15 is 0 Å². The Hall–Kier alpha value is -2.24. The van der Waals surface area contributed by atoms with Crippen LogP contribution < -0.4 is 10.9 Å². The molecule has 0 saturated carbocycles. The molecule has 2 rings (SSSR count). The van der Waals surface area contributed by atoms with Gasteiger partial charge in [0.25, 0.3) is 5.56 Å². The molecule has 7 nitrogen and oxygen atoms in total. The first-order valence-corrected chi connectivity index (χ1v) is 12.8. The molecule has 0 saturated heterocycles. The summed E-state index contributed by atoms with van der Waals surface area (Å²) in [5.41, 5.74) is -2.66. The van der Waals surface area contributed by atoms with E-state index in [2.05, 4.69) is 35.0 Å². The molecule has 0 aliphatic heterocycles. The Morgan fingerprint density at radius 3 is 2.48 bits per heavy atom. The van der Waals surface area contributed by atoms with Crippen LogP contribution in [-0.4, -0.2) is 41.2 Å². The largest absolute Gasteiger partial charge is 0.423 e. The van der Waals surface area contributed by atoms with Crippen molar-refractivity contribution in [2.24, 2.45) is 0 Å². The van der Waals surface area contributed by atoms with Gasteiger partial charge in [-0.25, -0.2) is 4.68 Å². The zero-order valence-electron chi connectivity index (χ0n) is 16.5. The van der Waals surface area contributed by atoms with E-state index in [1.807, 2.05) is 0 Å². The van der Waals surface area contributed by atoms with Gasteiger partial charge in [0, 0.05) is 27.1 Å². The van der Waals surface area contributed by atoms with Gasteiger partial charge in [0.15, 0.2) is 0 Å². The van der Waals surface area contributed by atoms with E-state index < -0.39 is 43.7 Å². The Kier molecular flexibility index (Phi) is 7.55. The molecule has 2 heterocycles. The third kappa shape index (κ3) is 6.65. The highest BCUT2D eigenvalue weighted by molar-refractivity contribution is 6.76. The molecule has 0 aliphatic rings. The number of hydrogen-bond acceptors (Lipinski definition) is 6. The topological polar surface area (TPSA) is 89.3 Å². The van der Waals surface area contributed by atoms with Crippen LogP contribution in [-0.2, 0) is 17.6 Å². The van der Waals surface area contributed by atoms with E-state index in [1.165, 1.54) is 12.4 Å². The first-order valence-electron chi connectivity index (χ1n) is 9.05. The van der Waals surface area contributed by atoms with Crippen molar-refractivity contribution >= 4 is 13.8 Å². The van der Waals surface area contributed by atoms with Gasteiger partial charge in [0.2, 0.25) is 0 Å². The fraction of sp³-hybridized carbons (Fsp3) is 0.500. The Morgan fingerprint density at radius 1 is 1.28 bits per heavy atom. The van der Waals surface area contributed by atoms with Gasteiger partial charge < -0.3 is 15.2 Å². The number of pyridine rings is 1. The van der Waals surface area contributed by atoms with Gasteiger partial charge in [0.05, 0.1) is 24.5 Å². The number of hydrogen-bond donors (Lipinski definition) is 2. The van der Waals surface area contributed by atoms with Crippen LogP contribution in [0.5, 0.6) is 0 Å². The summed E-state index contributed by atoms with van der Waals surface area (Å²) >= 11 is 0. The molecule has 11 heteroatoms. The molecule has 0 bridgehead atoms. The van der Waals surface area contributed by atoms with Gasteiger partial charge >= 0.3 is 6.18 Å². The summed E-state index contributed by atoms with van der Waals surface area (Å²) in [5.74, 6) is 0. The maximum Gasteiger partial charge on any atom is 0.423 e. The first-order chi connectivity index (χ1) is 13.5. The number of ether oxygens (including phenoxy) is 1. The average Bonchev–Trinajstić information content (AvgIpc) is 2.63. The first kappa shape index (κ1) is 23.0. The Balaban J connectivity index is 2.27. The van der Waals surface area contributed by atoms with Crippen LogP contribution >= 0.6 is 0 Å². The summed E-state index contributed by atoms with van der Waals surface area (Å²) in [7, 11) is -1.36. The smallest absolute Gasteiger partial charge is 0.394 e. The lowest BCUT2D eigenvalue weighted by atomic mass is 10.1. The van der Waals surface area contributed by atoms with Crippen LogP contribution in [0.1, 0.15) is 17.2 Å². The minimum absolute atomic E-state index is 0.347. The van der Waals surface area contributed by atoms with Crippen molar-refractivity contribution in [1.29, 1.82) is 0 Å². The zero-order chi connectivity index (χ0) is 21.7. The minimum Gasteiger partial charge on any atom is -0.394 e. The second-order valence-electron chi connectivity index (χ2n) is 7.74. The van der Waals surface area contributed by atoms with Crippen LogP contribution in [0.2, 0.25) is 25.7 Å². The van der Waals surface area contributed by atoms with E-state index in [4.69, 9.17) is 4.74 Å². The summed E-state index contributed by atoms with van der Waals surface area (Å²) in [4.78, 5) is 16.3. The maximum absolute atomic E-state index is 13.6. The standard InChI is InChI=1S/C18H25F3N4O3Si/c1-29(2,3)9-8-28-12-25-17(27)16(18(19,20)21)14(10-23-25)24-15(11-26)13-4-6-22-7-5-13/h4-7,10,15,24,26H,8-9,11-12H2,1-3H3. The fourth-order valence-corrected chi connectivity index (χ4v) is 3.27. The highest BCUT2D eigenvalue weighted by Gasteiger charge is 2.38. The molecular weight excluding hydrogens is 405 g/mol. The number of aliphatic hydroxyl groups excluding tert-OH is 1. The molecule has 0 aromatic carbocycles. The van der Waals surface area contributed by atoms with Gasteiger partial charge in [-0.1, -0.05) is 19.6 Å². The number of alkyl halides is 3. The van der Waals surface area contributed by atoms with E-state index in [9.17, 15) is 23.1 Å². The van der Waals surface area contributed by atoms with Gasteiger partial charge in [-0.2, -0.15) is 18.3 Å². The average molecular weight is 431 g/mol. The zero-order valence-corrected chi connectivity index (χ0v) is 17.5. The highest BCUT2D eigenvalue weighted by atomic mass is 28.3. The molecule has 2 N–H and O–H groups in total. The third-order valence-corrected chi connectivity index (χ3v) is 5.86. The quantitative estimate of drug-likeness (QED) is 0.469. The molecule has 2 aromatic heterocycles. The number of nitrogens with zero attached hydrogens (tertiary/aromatic N) is 3. The molecule has 0 fully saturated rings. The molecule has 1 atom stereocenters. The van der Waals surface area contributed by atoms with Gasteiger partial charge in [-0.05, 0) is 23.7 Å². The number of aromatic nitrogens is 3. The van der Waals surface area contributed by atoms with Crippen LogP contribution in [0, 0.1) is 0 Å². The molecule has 0 aliphatic carbocycles. The minimum atomic E-state index is -4.90. The maximum atomic E-state index is 13.6. The lowest BCUT2D eigenvalue weighted by Crippen LogP contribution is -2.33. The van der Waals surface area contributed by atoms with Crippen LogP contribution in [0.3, 0.4) is 0 Å². The second kappa shape index (κ2) is 9.50. The van der Waals surface area contributed by atoms with Crippen molar-refractivity contribution in [2.45, 2.75) is 44.6 Å². The van der Waals surface area contributed by atoms with Gasteiger partial charge in [0.1, 0.15) is 12.3 Å². The monoisotopic (exact) mass is 430 g/mol. The Bertz CT molecular complexity index is 854. The van der Waals surface area contributed by atoms with Crippen molar-refractivity contribution in [3.05, 3.63) is 52.2 Å². The molecule has 1 unspecified atom stereocenters. The van der Waals surface area contributed by atoms with Crippen LogP contribution in [0.15, 0.2) is 35.5 Å². The molecular formula is C18H25F3N4O3Si. The fourth-order valence-electron chi connectivity index (χ4n) is 2.51. The van der Waals surface area contributed by atoms with E-state index in [0.29, 0.717) is 16.9 Å². The van der Waals surface area contributed by atoms with Crippen molar-refractivity contribution < 1.29 is 23.0 Å². The van der Waals surface area contributed by atoms with E-state index in [1.54, 1.807) is 12.1 Å².